The van der Waals surface area contributed by atoms with Crippen molar-refractivity contribution >= 4 is 16.5 Å². The first kappa shape index (κ1) is 17.9. The molecule has 0 spiro atoms. The summed E-state index contributed by atoms with van der Waals surface area (Å²) in [5, 5.41) is 3.62. The third-order valence-electron chi connectivity index (χ3n) is 5.33. The monoisotopic (exact) mass is 371 g/mol. The fourth-order valence-electron chi connectivity index (χ4n) is 3.91. The van der Waals surface area contributed by atoms with Gasteiger partial charge in [-0.1, -0.05) is 49.4 Å². The number of hydrogen-bond acceptors (Lipinski definition) is 2. The summed E-state index contributed by atoms with van der Waals surface area (Å²) in [6.07, 6.45) is -0.153. The van der Waals surface area contributed by atoms with Crippen LogP contribution in [0.1, 0.15) is 23.6 Å². The lowest BCUT2D eigenvalue weighted by atomic mass is 9.82. The van der Waals surface area contributed by atoms with Gasteiger partial charge in [-0.15, -0.1) is 0 Å². The zero-order valence-corrected chi connectivity index (χ0v) is 14.9. The molecule has 2 aromatic carbocycles. The fraction of sp³-hybridized carbons (Fsp3) is 0.273. The molecular weight excluding hydrogens is 351 g/mol. The van der Waals surface area contributed by atoms with Crippen LogP contribution < -0.4 is 5.32 Å². The van der Waals surface area contributed by atoms with Crippen LogP contribution in [-0.4, -0.2) is 12.6 Å². The van der Waals surface area contributed by atoms with Crippen LogP contribution in [0.2, 0.25) is 0 Å². The van der Waals surface area contributed by atoms with Gasteiger partial charge in [-0.2, -0.15) is 13.2 Å². The molecule has 0 fully saturated rings. The zero-order chi connectivity index (χ0) is 19.0. The minimum atomic E-state index is -4.40. The molecule has 1 aliphatic heterocycles. The lowest BCUT2D eigenvalue weighted by molar-refractivity contribution is -0.136. The number of benzene rings is 2. The van der Waals surface area contributed by atoms with Gasteiger partial charge >= 0.3 is 6.18 Å². The van der Waals surface area contributed by atoms with Crippen molar-refractivity contribution in [3.8, 4) is 0 Å². The molecule has 0 bridgehead atoms. The minimum absolute atomic E-state index is 0.117. The Labute approximate surface area is 155 Å². The van der Waals surface area contributed by atoms with Crippen LogP contribution in [0.4, 0.5) is 13.2 Å². The Kier molecular flexibility index (Phi) is 4.56. The van der Waals surface area contributed by atoms with E-state index in [1.54, 1.807) is 6.07 Å². The maximum absolute atomic E-state index is 13.3. The van der Waals surface area contributed by atoms with E-state index in [0.717, 1.165) is 23.6 Å². The highest BCUT2D eigenvalue weighted by atomic mass is 19.4. The van der Waals surface area contributed by atoms with Crippen molar-refractivity contribution < 1.29 is 17.6 Å². The Balaban J connectivity index is 1.69. The second kappa shape index (κ2) is 6.89. The normalized spacial score (nSPS) is 20.7. The molecular formula is C22H20F3NO. The highest BCUT2D eigenvalue weighted by molar-refractivity contribution is 5.93. The first-order valence-electron chi connectivity index (χ1n) is 9.00. The largest absolute Gasteiger partial charge is 0.464 e. The van der Waals surface area contributed by atoms with E-state index in [9.17, 15) is 13.2 Å². The number of alkyl halides is 3. The highest BCUT2D eigenvalue weighted by Gasteiger charge is 2.34. The predicted molar refractivity (Wildman–Crippen MR) is 100 cm³/mol. The van der Waals surface area contributed by atoms with Crippen molar-refractivity contribution in [2.75, 3.05) is 6.54 Å². The van der Waals surface area contributed by atoms with Gasteiger partial charge in [0.1, 0.15) is 5.58 Å². The van der Waals surface area contributed by atoms with E-state index in [-0.39, 0.29) is 17.3 Å². The molecule has 1 N–H and O–H groups in total. The predicted octanol–water partition coefficient (Wildman–Crippen LogP) is 5.69. The van der Waals surface area contributed by atoms with E-state index in [1.165, 1.54) is 17.9 Å². The van der Waals surface area contributed by atoms with E-state index < -0.39 is 11.7 Å². The van der Waals surface area contributed by atoms with Gasteiger partial charge in [0.2, 0.25) is 0 Å². The Morgan fingerprint density at radius 1 is 1.07 bits per heavy atom. The van der Waals surface area contributed by atoms with E-state index in [4.69, 9.17) is 4.42 Å². The van der Waals surface area contributed by atoms with Gasteiger partial charge in [-0.25, -0.2) is 0 Å². The number of halogens is 3. The second-order valence-corrected chi connectivity index (χ2v) is 6.97. The SMILES string of the molecule is CC1C(c2ccc(C(F)(F)F)c3ccoc23)=CCNC1Cc1ccccc1. The lowest BCUT2D eigenvalue weighted by Gasteiger charge is -2.32. The van der Waals surface area contributed by atoms with E-state index >= 15 is 0 Å². The van der Waals surface area contributed by atoms with Crippen molar-refractivity contribution in [1.29, 1.82) is 0 Å². The van der Waals surface area contributed by atoms with Crippen LogP contribution in [-0.2, 0) is 12.6 Å². The van der Waals surface area contributed by atoms with Crippen molar-refractivity contribution in [3.05, 3.63) is 77.6 Å². The molecule has 2 nitrogen and oxygen atoms in total. The number of fused-ring (bicyclic) bond motifs is 1. The van der Waals surface area contributed by atoms with Gasteiger partial charge in [0, 0.05) is 23.5 Å². The summed E-state index contributed by atoms with van der Waals surface area (Å²) in [4.78, 5) is 0. The van der Waals surface area contributed by atoms with E-state index in [0.29, 0.717) is 12.1 Å². The van der Waals surface area contributed by atoms with Crippen molar-refractivity contribution in [1.82, 2.24) is 5.32 Å². The number of rotatable bonds is 3. The summed E-state index contributed by atoms with van der Waals surface area (Å²) in [5.41, 5.74) is 2.67. The Morgan fingerprint density at radius 3 is 2.59 bits per heavy atom. The van der Waals surface area contributed by atoms with Crippen LogP contribution >= 0.6 is 0 Å². The van der Waals surface area contributed by atoms with Crippen molar-refractivity contribution in [2.24, 2.45) is 5.92 Å². The van der Waals surface area contributed by atoms with Crippen LogP contribution in [0.25, 0.3) is 16.5 Å². The molecule has 0 aliphatic carbocycles. The Hall–Kier alpha value is -2.53. The van der Waals surface area contributed by atoms with Gasteiger partial charge in [0.25, 0.3) is 0 Å². The van der Waals surface area contributed by atoms with Gasteiger partial charge < -0.3 is 9.73 Å². The third-order valence-corrected chi connectivity index (χ3v) is 5.33. The highest BCUT2D eigenvalue weighted by Crippen LogP contribution is 2.40. The molecule has 140 valence electrons. The molecule has 1 aromatic heterocycles. The van der Waals surface area contributed by atoms with Crippen LogP contribution in [0.15, 0.2) is 65.3 Å². The molecule has 3 aromatic rings. The molecule has 1 aliphatic rings. The molecule has 2 unspecified atom stereocenters. The summed E-state index contributed by atoms with van der Waals surface area (Å²) < 4.78 is 45.3. The second-order valence-electron chi connectivity index (χ2n) is 6.97. The average Bonchev–Trinajstić information content (AvgIpc) is 3.12. The summed E-state index contributed by atoms with van der Waals surface area (Å²) in [5.74, 6) is 0.143. The molecule has 5 heteroatoms. The molecule has 27 heavy (non-hydrogen) atoms. The lowest BCUT2D eigenvalue weighted by Crippen LogP contribution is -2.40. The summed E-state index contributed by atoms with van der Waals surface area (Å²) in [6, 6.07) is 14.5. The summed E-state index contributed by atoms with van der Waals surface area (Å²) in [6.45, 7) is 2.79. The van der Waals surface area contributed by atoms with Crippen molar-refractivity contribution in [3.63, 3.8) is 0 Å². The zero-order valence-electron chi connectivity index (χ0n) is 14.9. The fourth-order valence-corrected chi connectivity index (χ4v) is 3.91. The molecule has 0 radical (unpaired) electrons. The number of nitrogens with one attached hydrogen (secondary N) is 1. The molecule has 0 amide bonds. The van der Waals surface area contributed by atoms with Gasteiger partial charge in [-0.05, 0) is 35.6 Å². The standard InChI is InChI=1S/C22H20F3NO/c1-14-16(9-11-26-20(14)13-15-5-3-2-4-6-15)17-7-8-19(22(23,24)25)18-10-12-27-21(17)18/h2-10,12,14,20,26H,11,13H2,1H3. The number of hydrogen-bond donors (Lipinski definition) is 1. The summed E-state index contributed by atoms with van der Waals surface area (Å²) >= 11 is 0. The van der Waals surface area contributed by atoms with Crippen LogP contribution in [0.3, 0.4) is 0 Å². The first-order chi connectivity index (χ1) is 12.9. The smallest absolute Gasteiger partial charge is 0.417 e. The Bertz CT molecular complexity index is 972. The molecule has 2 atom stereocenters. The molecule has 4 rings (SSSR count). The average molecular weight is 371 g/mol. The van der Waals surface area contributed by atoms with E-state index in [2.05, 4.69) is 30.4 Å². The van der Waals surface area contributed by atoms with E-state index in [1.807, 2.05) is 18.2 Å². The third kappa shape index (κ3) is 3.39. The van der Waals surface area contributed by atoms with Gasteiger partial charge in [-0.3, -0.25) is 0 Å². The number of furan rings is 1. The Morgan fingerprint density at radius 2 is 1.85 bits per heavy atom. The van der Waals surface area contributed by atoms with Gasteiger partial charge in [0.05, 0.1) is 11.8 Å². The molecule has 0 saturated carbocycles. The quantitative estimate of drug-likeness (QED) is 0.640. The first-order valence-corrected chi connectivity index (χ1v) is 9.00. The summed E-state index contributed by atoms with van der Waals surface area (Å²) in [7, 11) is 0. The van der Waals surface area contributed by atoms with Crippen molar-refractivity contribution in [2.45, 2.75) is 25.6 Å². The van der Waals surface area contributed by atoms with Crippen LogP contribution in [0, 0.1) is 5.92 Å². The van der Waals surface area contributed by atoms with Gasteiger partial charge in [0.15, 0.2) is 0 Å². The molecule has 2 heterocycles. The maximum Gasteiger partial charge on any atom is 0.417 e. The topological polar surface area (TPSA) is 25.2 Å². The molecule has 0 saturated heterocycles. The maximum atomic E-state index is 13.3. The minimum Gasteiger partial charge on any atom is -0.464 e. The van der Waals surface area contributed by atoms with Crippen LogP contribution in [0.5, 0.6) is 0 Å².